The fraction of sp³-hybridized carbons (Fsp3) is 0.143. The van der Waals surface area contributed by atoms with Crippen LogP contribution >= 0.6 is 31.9 Å². The number of hydrogen-bond donors (Lipinski definition) is 2. The molecule has 0 heterocycles. The van der Waals surface area contributed by atoms with E-state index in [0.29, 0.717) is 0 Å². The van der Waals surface area contributed by atoms with E-state index in [4.69, 9.17) is 5.84 Å². The Balaban J connectivity index is 2.34. The predicted octanol–water partition coefficient (Wildman–Crippen LogP) is 4.24. The third kappa shape index (κ3) is 3.44. The van der Waals surface area contributed by atoms with E-state index in [1.807, 2.05) is 24.3 Å². The van der Waals surface area contributed by atoms with Crippen molar-refractivity contribution in [1.82, 2.24) is 5.43 Å². The Morgan fingerprint density at radius 3 is 2.55 bits per heavy atom. The Hall–Kier alpha value is -0.820. The molecule has 1 unspecified atom stereocenters. The van der Waals surface area contributed by atoms with Crippen molar-refractivity contribution in [3.05, 3.63) is 68.1 Å². The number of benzene rings is 2. The third-order valence-corrected chi connectivity index (χ3v) is 4.11. The molecule has 0 saturated carbocycles. The zero-order valence-electron chi connectivity index (χ0n) is 10.3. The van der Waals surface area contributed by atoms with Crippen molar-refractivity contribution in [2.75, 3.05) is 0 Å². The van der Waals surface area contributed by atoms with Crippen LogP contribution in [0.1, 0.15) is 17.2 Å². The van der Waals surface area contributed by atoms with E-state index in [1.54, 1.807) is 0 Å². The Morgan fingerprint density at radius 1 is 1.15 bits per heavy atom. The van der Waals surface area contributed by atoms with Crippen LogP contribution in [0.5, 0.6) is 0 Å². The van der Waals surface area contributed by atoms with Gasteiger partial charge < -0.3 is 0 Å². The molecule has 0 aliphatic carbocycles. The molecule has 0 aromatic heterocycles. The maximum Gasteiger partial charge on any atom is 0.143 e. The molecule has 0 aliphatic rings. The smallest absolute Gasteiger partial charge is 0.143 e. The first-order valence-corrected chi connectivity index (χ1v) is 7.45. The standard InChI is InChI=1S/C14H12Br2F2N2/c15-9-3-1-2-8(6-9)13(20-19)7-10-12(17)5-4-11(16)14(10)18/h1-6,13,20H,7,19H2. The molecule has 6 heteroatoms. The van der Waals surface area contributed by atoms with Crippen LogP contribution in [0.25, 0.3) is 0 Å². The second-order valence-electron chi connectivity index (χ2n) is 4.30. The van der Waals surface area contributed by atoms with Crippen molar-refractivity contribution in [3.63, 3.8) is 0 Å². The molecule has 0 spiro atoms. The molecule has 0 saturated heterocycles. The first kappa shape index (κ1) is 15.6. The number of nitrogens with one attached hydrogen (secondary N) is 1. The van der Waals surface area contributed by atoms with E-state index >= 15 is 0 Å². The topological polar surface area (TPSA) is 38.0 Å². The van der Waals surface area contributed by atoms with Gasteiger partial charge in [0.25, 0.3) is 0 Å². The van der Waals surface area contributed by atoms with E-state index in [1.165, 1.54) is 12.1 Å². The molecule has 20 heavy (non-hydrogen) atoms. The van der Waals surface area contributed by atoms with Gasteiger partial charge in [-0.2, -0.15) is 0 Å². The molecule has 0 radical (unpaired) electrons. The van der Waals surface area contributed by atoms with E-state index in [2.05, 4.69) is 37.3 Å². The Bertz CT molecular complexity index is 620. The summed E-state index contributed by atoms with van der Waals surface area (Å²) >= 11 is 6.42. The summed E-state index contributed by atoms with van der Waals surface area (Å²) in [5.41, 5.74) is 3.45. The molecule has 0 amide bonds. The minimum Gasteiger partial charge on any atom is -0.271 e. The Kier molecular flexibility index (Phi) is 5.26. The molecule has 1 atom stereocenters. The fourth-order valence-corrected chi connectivity index (χ4v) is 2.75. The van der Waals surface area contributed by atoms with Gasteiger partial charge in [-0.25, -0.2) is 8.78 Å². The number of halogens is 4. The monoisotopic (exact) mass is 404 g/mol. The zero-order valence-corrected chi connectivity index (χ0v) is 13.5. The Labute approximate surface area is 132 Å². The molecule has 0 bridgehead atoms. The minimum atomic E-state index is -0.597. The summed E-state index contributed by atoms with van der Waals surface area (Å²) in [5.74, 6) is 4.34. The summed E-state index contributed by atoms with van der Waals surface area (Å²) in [7, 11) is 0. The SMILES string of the molecule is NNC(Cc1c(F)ccc(Br)c1F)c1cccc(Br)c1. The lowest BCUT2D eigenvalue weighted by Crippen LogP contribution is -2.30. The lowest BCUT2D eigenvalue weighted by atomic mass is 9.99. The molecular weight excluding hydrogens is 394 g/mol. The molecule has 2 aromatic rings. The fourth-order valence-electron chi connectivity index (χ4n) is 1.96. The number of hydrazine groups is 1. The van der Waals surface area contributed by atoms with Crippen LogP contribution in [0, 0.1) is 11.6 Å². The van der Waals surface area contributed by atoms with Crippen molar-refractivity contribution in [1.29, 1.82) is 0 Å². The maximum atomic E-state index is 14.0. The molecule has 0 aliphatic heterocycles. The third-order valence-electron chi connectivity index (χ3n) is 3.00. The van der Waals surface area contributed by atoms with Gasteiger partial charge in [0, 0.05) is 10.0 Å². The number of rotatable bonds is 4. The van der Waals surface area contributed by atoms with Gasteiger partial charge in [0.05, 0.1) is 10.5 Å². The van der Waals surface area contributed by atoms with Crippen LogP contribution in [0.2, 0.25) is 0 Å². The van der Waals surface area contributed by atoms with E-state index in [0.717, 1.165) is 10.0 Å². The van der Waals surface area contributed by atoms with Gasteiger partial charge in [0.1, 0.15) is 11.6 Å². The first-order chi connectivity index (χ1) is 9.52. The van der Waals surface area contributed by atoms with Crippen LogP contribution in [-0.2, 0) is 6.42 Å². The summed E-state index contributed by atoms with van der Waals surface area (Å²) in [6, 6.07) is 9.62. The van der Waals surface area contributed by atoms with Crippen LogP contribution < -0.4 is 11.3 Å². The Morgan fingerprint density at radius 2 is 1.90 bits per heavy atom. The summed E-state index contributed by atoms with van der Waals surface area (Å²) in [4.78, 5) is 0. The van der Waals surface area contributed by atoms with Crippen molar-refractivity contribution in [2.45, 2.75) is 12.5 Å². The molecular formula is C14H12Br2F2N2. The summed E-state index contributed by atoms with van der Waals surface area (Å²) < 4.78 is 28.9. The molecule has 3 N–H and O–H groups in total. The van der Waals surface area contributed by atoms with Crippen LogP contribution in [-0.4, -0.2) is 0 Å². The molecule has 2 rings (SSSR count). The lowest BCUT2D eigenvalue weighted by Gasteiger charge is -2.18. The highest BCUT2D eigenvalue weighted by molar-refractivity contribution is 9.10. The maximum absolute atomic E-state index is 14.0. The summed E-state index contributed by atoms with van der Waals surface area (Å²) in [5, 5.41) is 0. The highest BCUT2D eigenvalue weighted by Gasteiger charge is 2.18. The van der Waals surface area contributed by atoms with Crippen molar-refractivity contribution < 1.29 is 8.78 Å². The largest absolute Gasteiger partial charge is 0.271 e. The highest BCUT2D eigenvalue weighted by Crippen LogP contribution is 2.27. The highest BCUT2D eigenvalue weighted by atomic mass is 79.9. The van der Waals surface area contributed by atoms with Crippen LogP contribution in [0.3, 0.4) is 0 Å². The van der Waals surface area contributed by atoms with Crippen LogP contribution in [0.4, 0.5) is 8.78 Å². The van der Waals surface area contributed by atoms with Gasteiger partial charge in [-0.15, -0.1) is 0 Å². The molecule has 2 nitrogen and oxygen atoms in total. The van der Waals surface area contributed by atoms with Crippen molar-refractivity contribution in [3.8, 4) is 0 Å². The van der Waals surface area contributed by atoms with Gasteiger partial charge in [-0.3, -0.25) is 11.3 Å². The zero-order chi connectivity index (χ0) is 14.7. The van der Waals surface area contributed by atoms with Gasteiger partial charge in [-0.05, 0) is 52.2 Å². The normalized spacial score (nSPS) is 12.4. The second kappa shape index (κ2) is 6.76. The van der Waals surface area contributed by atoms with Crippen molar-refractivity contribution >= 4 is 31.9 Å². The average Bonchev–Trinajstić information content (AvgIpc) is 2.43. The molecule has 2 aromatic carbocycles. The predicted molar refractivity (Wildman–Crippen MR) is 82.0 cm³/mol. The summed E-state index contributed by atoms with van der Waals surface area (Å²) in [6.07, 6.45) is 0.115. The average molecular weight is 406 g/mol. The van der Waals surface area contributed by atoms with Gasteiger partial charge in [0.15, 0.2) is 0 Å². The van der Waals surface area contributed by atoms with Crippen molar-refractivity contribution in [2.24, 2.45) is 5.84 Å². The van der Waals surface area contributed by atoms with Gasteiger partial charge in [-0.1, -0.05) is 28.1 Å². The second-order valence-corrected chi connectivity index (χ2v) is 6.07. The van der Waals surface area contributed by atoms with Gasteiger partial charge >= 0.3 is 0 Å². The van der Waals surface area contributed by atoms with E-state index in [9.17, 15) is 8.78 Å². The first-order valence-electron chi connectivity index (χ1n) is 5.87. The number of hydrogen-bond acceptors (Lipinski definition) is 2. The minimum absolute atomic E-state index is 0.00213. The molecule has 106 valence electrons. The summed E-state index contributed by atoms with van der Waals surface area (Å²) in [6.45, 7) is 0. The lowest BCUT2D eigenvalue weighted by molar-refractivity contribution is 0.498. The van der Waals surface area contributed by atoms with E-state index < -0.39 is 11.6 Å². The van der Waals surface area contributed by atoms with E-state index in [-0.39, 0.29) is 22.5 Å². The van der Waals surface area contributed by atoms with Crippen LogP contribution in [0.15, 0.2) is 45.3 Å². The quantitative estimate of drug-likeness (QED) is 0.453. The number of nitrogens with two attached hydrogens (primary N) is 1. The molecule has 0 fully saturated rings. The van der Waals surface area contributed by atoms with Gasteiger partial charge in [0.2, 0.25) is 0 Å².